The van der Waals surface area contributed by atoms with Crippen molar-refractivity contribution < 1.29 is 0 Å². The van der Waals surface area contributed by atoms with Crippen LogP contribution in [-0.4, -0.2) is 12.2 Å². The van der Waals surface area contributed by atoms with Crippen LogP contribution in [-0.2, 0) is 0 Å². The Labute approximate surface area is 279 Å². The Balaban J connectivity index is 1.08. The summed E-state index contributed by atoms with van der Waals surface area (Å²) in [6.07, 6.45) is 43.7. The van der Waals surface area contributed by atoms with Crippen molar-refractivity contribution in [3.8, 4) is 0 Å². The zero-order valence-electron chi connectivity index (χ0n) is 29.0. The molecule has 0 aromatic heterocycles. The lowest BCUT2D eigenvalue weighted by molar-refractivity contribution is 0.0515. The largest absolute Gasteiger partial charge is 0.370 e. The molecule has 0 bridgehead atoms. The van der Waals surface area contributed by atoms with Crippen LogP contribution in [0.4, 0.5) is 0 Å². The van der Waals surface area contributed by atoms with Gasteiger partial charge in [0, 0.05) is 17.0 Å². The second-order valence-electron chi connectivity index (χ2n) is 18.4. The average molecular weight is 617 g/mol. The van der Waals surface area contributed by atoms with E-state index in [4.69, 9.17) is 0 Å². The smallest absolute Gasteiger partial charge is 0.0804 e. The van der Waals surface area contributed by atoms with E-state index in [1.54, 1.807) is 24.0 Å². The van der Waals surface area contributed by atoms with Gasteiger partial charge in [0.1, 0.15) is 0 Å². The van der Waals surface area contributed by atoms with Gasteiger partial charge in [-0.2, -0.15) is 0 Å². The molecule has 1 aliphatic heterocycles. The summed E-state index contributed by atoms with van der Waals surface area (Å²) in [6, 6.07) is 0.366. The van der Waals surface area contributed by atoms with E-state index >= 15 is 0 Å². The van der Waals surface area contributed by atoms with E-state index in [9.17, 15) is 0 Å². The molecule has 46 heavy (non-hydrogen) atoms. The molecule has 4 fully saturated rings. The summed E-state index contributed by atoms with van der Waals surface area (Å²) in [5.74, 6) is 5.85. The molecule has 10 aliphatic rings. The minimum Gasteiger partial charge on any atom is -0.370 e. The quantitative estimate of drug-likeness (QED) is 0.308. The van der Waals surface area contributed by atoms with Gasteiger partial charge in [-0.25, -0.2) is 0 Å². The minimum absolute atomic E-state index is 0.327. The first-order chi connectivity index (χ1) is 22.5. The Morgan fingerprint density at radius 1 is 0.783 bits per heavy atom. The highest BCUT2D eigenvalue weighted by Gasteiger charge is 2.82. The first-order valence-electron chi connectivity index (χ1n) is 20.3. The highest BCUT2D eigenvalue weighted by molar-refractivity contribution is 5.54. The third-order valence-corrected chi connectivity index (χ3v) is 16.5. The van der Waals surface area contributed by atoms with Gasteiger partial charge in [-0.15, -0.1) is 0 Å². The van der Waals surface area contributed by atoms with Crippen LogP contribution in [0.2, 0.25) is 0 Å². The summed E-state index contributed by atoms with van der Waals surface area (Å²) in [5, 5.41) is 8.47. The fraction of sp³-hybridized carbons (Fsp3) is 0.727. The van der Waals surface area contributed by atoms with Crippen molar-refractivity contribution in [3.63, 3.8) is 0 Å². The number of allylic oxidation sites excluding steroid dienone is 9. The molecule has 2 nitrogen and oxygen atoms in total. The Morgan fingerprint density at radius 2 is 1.61 bits per heavy atom. The highest BCUT2D eigenvalue weighted by Crippen LogP contribution is 2.87. The van der Waals surface area contributed by atoms with Gasteiger partial charge in [-0.3, -0.25) is 5.32 Å². The van der Waals surface area contributed by atoms with Crippen molar-refractivity contribution in [3.05, 3.63) is 70.5 Å². The lowest BCUT2D eigenvalue weighted by Crippen LogP contribution is -2.56. The predicted molar refractivity (Wildman–Crippen MR) is 190 cm³/mol. The van der Waals surface area contributed by atoms with Crippen LogP contribution >= 0.6 is 0 Å². The number of fused-ring (bicyclic) bond motifs is 7. The fourth-order valence-electron chi connectivity index (χ4n) is 14.8. The zero-order chi connectivity index (χ0) is 30.7. The molecule has 246 valence electrons. The molecular formula is C44H60N2. The summed E-state index contributed by atoms with van der Waals surface area (Å²) in [7, 11) is 0. The first kappa shape index (κ1) is 29.1. The van der Waals surface area contributed by atoms with E-state index in [2.05, 4.69) is 67.0 Å². The lowest BCUT2D eigenvalue weighted by Gasteiger charge is -2.49. The van der Waals surface area contributed by atoms with E-state index in [1.807, 2.05) is 11.1 Å². The van der Waals surface area contributed by atoms with Crippen LogP contribution in [0.1, 0.15) is 129 Å². The maximum Gasteiger partial charge on any atom is 0.0804 e. The van der Waals surface area contributed by atoms with Crippen LogP contribution in [0.15, 0.2) is 70.5 Å². The van der Waals surface area contributed by atoms with Crippen molar-refractivity contribution in [2.24, 2.45) is 57.7 Å². The van der Waals surface area contributed by atoms with Gasteiger partial charge < -0.3 is 5.32 Å². The van der Waals surface area contributed by atoms with E-state index in [0.29, 0.717) is 34.4 Å². The molecule has 0 amide bonds. The summed E-state index contributed by atoms with van der Waals surface area (Å²) in [5.41, 5.74) is 10.3. The minimum atomic E-state index is 0.327. The summed E-state index contributed by atoms with van der Waals surface area (Å²) < 4.78 is 0. The molecule has 0 radical (unpaired) electrons. The van der Waals surface area contributed by atoms with Crippen LogP contribution in [0, 0.1) is 57.7 Å². The Hall–Kier alpha value is -1.80. The van der Waals surface area contributed by atoms with Gasteiger partial charge >= 0.3 is 0 Å². The fourth-order valence-corrected chi connectivity index (χ4v) is 14.8. The number of hydrogen-bond donors (Lipinski definition) is 2. The van der Waals surface area contributed by atoms with Crippen LogP contribution in [0.3, 0.4) is 0 Å². The molecule has 0 saturated heterocycles. The monoisotopic (exact) mass is 616 g/mol. The Bertz CT molecular complexity index is 1450. The summed E-state index contributed by atoms with van der Waals surface area (Å²) >= 11 is 0. The molecule has 9 aliphatic carbocycles. The molecule has 10 rings (SSSR count). The zero-order valence-corrected chi connectivity index (χ0v) is 29.0. The van der Waals surface area contributed by atoms with E-state index in [1.165, 1.54) is 108 Å². The Kier molecular flexibility index (Phi) is 6.71. The van der Waals surface area contributed by atoms with Crippen molar-refractivity contribution in [2.45, 2.75) is 142 Å². The second kappa shape index (κ2) is 10.6. The van der Waals surface area contributed by atoms with Crippen LogP contribution in [0.5, 0.6) is 0 Å². The van der Waals surface area contributed by atoms with E-state index in [0.717, 1.165) is 35.5 Å². The van der Waals surface area contributed by atoms with Gasteiger partial charge in [0.2, 0.25) is 0 Å². The number of rotatable bonds is 3. The third-order valence-electron chi connectivity index (χ3n) is 16.5. The van der Waals surface area contributed by atoms with Gasteiger partial charge in [0.05, 0.1) is 12.2 Å². The first-order valence-corrected chi connectivity index (χ1v) is 20.3. The van der Waals surface area contributed by atoms with Gasteiger partial charge in [0.25, 0.3) is 0 Å². The molecule has 4 saturated carbocycles. The maximum absolute atomic E-state index is 4.29. The molecule has 2 spiro atoms. The van der Waals surface area contributed by atoms with E-state index < -0.39 is 0 Å². The van der Waals surface area contributed by atoms with Gasteiger partial charge in [0.15, 0.2) is 0 Å². The number of hydrogen-bond acceptors (Lipinski definition) is 2. The summed E-state index contributed by atoms with van der Waals surface area (Å²) in [6.45, 7) is 5.38. The van der Waals surface area contributed by atoms with Crippen molar-refractivity contribution in [1.82, 2.24) is 10.6 Å². The van der Waals surface area contributed by atoms with Crippen LogP contribution in [0.25, 0.3) is 0 Å². The van der Waals surface area contributed by atoms with Crippen molar-refractivity contribution in [2.75, 3.05) is 0 Å². The second-order valence-corrected chi connectivity index (χ2v) is 18.4. The molecule has 9 unspecified atom stereocenters. The molecule has 2 heteroatoms. The maximum atomic E-state index is 4.29. The highest BCUT2D eigenvalue weighted by atomic mass is 15.2. The third kappa shape index (κ3) is 3.92. The van der Waals surface area contributed by atoms with Gasteiger partial charge in [-0.05, 0) is 141 Å². The Morgan fingerprint density at radius 3 is 2.43 bits per heavy atom. The molecular weight excluding hydrogens is 556 g/mol. The normalized spacial score (nSPS) is 45.0. The number of nitrogens with one attached hydrogen (secondary N) is 2. The van der Waals surface area contributed by atoms with E-state index in [-0.39, 0.29) is 0 Å². The van der Waals surface area contributed by atoms with Gasteiger partial charge in [-0.1, -0.05) is 100.0 Å². The molecule has 0 aromatic rings. The molecule has 1 heterocycles. The van der Waals surface area contributed by atoms with Crippen molar-refractivity contribution in [1.29, 1.82) is 0 Å². The SMILES string of the molecule is CC1(C)C2=C(C3C(C4=CC(C5=CC=CCC5)NC(C5CCCCC5)N4)=CCCC31)C1C(CC2)C2(CCCCC2)C2C3CCC=CC312. The van der Waals surface area contributed by atoms with Crippen LogP contribution < -0.4 is 10.6 Å². The average Bonchev–Trinajstić information content (AvgIpc) is 3.69. The molecule has 9 atom stereocenters. The lowest BCUT2D eigenvalue weighted by atomic mass is 9.56. The predicted octanol–water partition coefficient (Wildman–Crippen LogP) is 10.5. The topological polar surface area (TPSA) is 24.1 Å². The standard InChI is InChI=1S/C44H60N2/c1-42(2)31-21-14-19-30(36-27-35(28-15-6-3-7-16-28)45-41(46-36)29-17-8-4-9-18-29)37(31)38-32(42)22-23-33-39(38)44-26-13-10-20-34(44)40(44)43(33)24-11-5-12-25-43/h3,6,13,15,19,26-27,29,31,33-35,37,39-41,45-46H,4-5,7-12,14,16-18,20-25H2,1-2H3. The van der Waals surface area contributed by atoms with Crippen molar-refractivity contribution >= 4 is 0 Å². The summed E-state index contributed by atoms with van der Waals surface area (Å²) in [4.78, 5) is 0. The molecule has 2 N–H and O–H groups in total. The molecule has 0 aromatic carbocycles.